The Balaban J connectivity index is 2.05. The van der Waals surface area contributed by atoms with Gasteiger partial charge in [-0.3, -0.25) is 19.4 Å². The van der Waals surface area contributed by atoms with Crippen molar-refractivity contribution < 1.29 is 19.1 Å². The Hall–Kier alpha value is -2.37. The summed E-state index contributed by atoms with van der Waals surface area (Å²) in [6, 6.07) is 6.89. The van der Waals surface area contributed by atoms with Crippen LogP contribution in [0, 0.1) is 5.92 Å². The summed E-state index contributed by atoms with van der Waals surface area (Å²) in [4.78, 5) is 37.7. The van der Waals surface area contributed by atoms with Crippen LogP contribution in [0.3, 0.4) is 0 Å². The second-order valence-electron chi connectivity index (χ2n) is 5.02. The van der Waals surface area contributed by atoms with Gasteiger partial charge in [-0.1, -0.05) is 12.1 Å². The number of imide groups is 2. The molecular weight excluding hydrogens is 272 g/mol. The van der Waals surface area contributed by atoms with Crippen molar-refractivity contribution in [3.05, 3.63) is 29.8 Å². The number of nitrogens with zero attached hydrogens (tertiary/aromatic N) is 2. The van der Waals surface area contributed by atoms with E-state index in [1.165, 1.54) is 14.1 Å². The summed E-state index contributed by atoms with van der Waals surface area (Å²) in [6.45, 7) is 0. The van der Waals surface area contributed by atoms with Crippen molar-refractivity contribution in [1.29, 1.82) is 0 Å². The van der Waals surface area contributed by atoms with Crippen LogP contribution in [0.2, 0.25) is 0 Å². The Bertz CT molecular complexity index is 544. The highest BCUT2D eigenvalue weighted by Crippen LogP contribution is 2.21. The molecule has 0 atom stereocenters. The predicted octanol–water partition coefficient (Wildman–Crippen LogP) is 1.29. The fraction of sp³-hybridized carbons (Fsp3) is 0.400. The molecule has 0 aromatic heterocycles. The van der Waals surface area contributed by atoms with Crippen molar-refractivity contribution in [3.8, 4) is 5.75 Å². The number of carbonyl (C=O) groups excluding carboxylic acids is 3. The fourth-order valence-electron chi connectivity index (χ4n) is 2.34. The summed E-state index contributed by atoms with van der Waals surface area (Å²) in [6.07, 6.45) is 0.966. The molecule has 1 aliphatic rings. The maximum Gasteiger partial charge on any atom is 0.332 e. The summed E-state index contributed by atoms with van der Waals surface area (Å²) in [5.41, 5.74) is 1.01. The van der Waals surface area contributed by atoms with Gasteiger partial charge in [0.1, 0.15) is 11.7 Å². The van der Waals surface area contributed by atoms with Crippen molar-refractivity contribution in [2.24, 2.45) is 5.92 Å². The maximum atomic E-state index is 12.1. The third-order valence-electron chi connectivity index (χ3n) is 3.71. The first kappa shape index (κ1) is 15.0. The zero-order chi connectivity index (χ0) is 15.6. The second kappa shape index (κ2) is 5.95. The van der Waals surface area contributed by atoms with Gasteiger partial charge in [-0.05, 0) is 30.5 Å². The molecule has 1 aromatic carbocycles. The molecule has 0 unspecified atom stereocenters. The smallest absolute Gasteiger partial charge is 0.332 e. The highest BCUT2D eigenvalue weighted by atomic mass is 16.5. The fourth-order valence-corrected chi connectivity index (χ4v) is 2.34. The molecule has 21 heavy (non-hydrogen) atoms. The van der Waals surface area contributed by atoms with E-state index in [9.17, 15) is 14.4 Å². The van der Waals surface area contributed by atoms with E-state index >= 15 is 0 Å². The predicted molar refractivity (Wildman–Crippen MR) is 75.7 cm³/mol. The summed E-state index contributed by atoms with van der Waals surface area (Å²) in [7, 11) is 4.39. The van der Waals surface area contributed by atoms with E-state index in [1.54, 1.807) is 7.11 Å². The van der Waals surface area contributed by atoms with Gasteiger partial charge in [-0.15, -0.1) is 0 Å². The van der Waals surface area contributed by atoms with Gasteiger partial charge in [-0.2, -0.15) is 0 Å². The van der Waals surface area contributed by atoms with Crippen LogP contribution in [0.1, 0.15) is 12.0 Å². The number of hydrogen-bond acceptors (Lipinski definition) is 4. The molecule has 1 aromatic rings. The highest BCUT2D eigenvalue weighted by molar-refractivity contribution is 6.15. The van der Waals surface area contributed by atoms with Crippen LogP contribution in [-0.2, 0) is 16.0 Å². The highest BCUT2D eigenvalue weighted by Gasteiger charge is 2.41. The monoisotopic (exact) mass is 290 g/mol. The summed E-state index contributed by atoms with van der Waals surface area (Å²) in [5, 5.41) is 0. The Kier molecular flexibility index (Phi) is 4.26. The van der Waals surface area contributed by atoms with Crippen molar-refractivity contribution >= 4 is 17.8 Å². The van der Waals surface area contributed by atoms with Crippen LogP contribution in [-0.4, -0.2) is 48.9 Å². The van der Waals surface area contributed by atoms with Crippen LogP contribution in [0.5, 0.6) is 5.75 Å². The van der Waals surface area contributed by atoms with Crippen molar-refractivity contribution in [2.75, 3.05) is 21.2 Å². The molecule has 6 nitrogen and oxygen atoms in total. The molecule has 1 fully saturated rings. The van der Waals surface area contributed by atoms with Crippen LogP contribution < -0.4 is 4.74 Å². The number of hydrogen-bond donors (Lipinski definition) is 0. The lowest BCUT2D eigenvalue weighted by Gasteiger charge is -2.32. The lowest BCUT2D eigenvalue weighted by atomic mass is 9.95. The minimum atomic E-state index is -0.792. The van der Waals surface area contributed by atoms with Crippen LogP contribution in [0.4, 0.5) is 4.79 Å². The summed E-state index contributed by atoms with van der Waals surface area (Å²) in [5.74, 6) is -0.901. The first-order valence-electron chi connectivity index (χ1n) is 6.67. The van der Waals surface area contributed by atoms with Gasteiger partial charge in [0, 0.05) is 14.1 Å². The van der Waals surface area contributed by atoms with E-state index in [4.69, 9.17) is 4.74 Å². The topological polar surface area (TPSA) is 66.9 Å². The van der Waals surface area contributed by atoms with Crippen LogP contribution >= 0.6 is 0 Å². The van der Waals surface area contributed by atoms with E-state index < -0.39 is 23.8 Å². The van der Waals surface area contributed by atoms with E-state index in [0.717, 1.165) is 21.1 Å². The number of barbiturate groups is 1. The number of amides is 4. The molecule has 4 amide bonds. The van der Waals surface area contributed by atoms with Gasteiger partial charge in [0.2, 0.25) is 11.8 Å². The minimum Gasteiger partial charge on any atom is -0.497 e. The molecule has 6 heteroatoms. The number of methoxy groups -OCH3 is 1. The molecule has 0 aliphatic carbocycles. The first-order chi connectivity index (χ1) is 9.95. The van der Waals surface area contributed by atoms with Crippen molar-refractivity contribution in [2.45, 2.75) is 12.8 Å². The van der Waals surface area contributed by atoms with Gasteiger partial charge >= 0.3 is 6.03 Å². The van der Waals surface area contributed by atoms with Crippen LogP contribution in [0.25, 0.3) is 0 Å². The molecule has 1 aliphatic heterocycles. The standard InChI is InChI=1S/C15H18N2O4/c1-16-13(18)12(14(19)17(2)15(16)20)9-6-10-4-7-11(21-3)8-5-10/h4-5,7-8,12H,6,9H2,1-3H3. The van der Waals surface area contributed by atoms with Gasteiger partial charge in [0.15, 0.2) is 0 Å². The SMILES string of the molecule is COc1ccc(CCC2C(=O)N(C)C(=O)N(C)C2=O)cc1. The van der Waals surface area contributed by atoms with Gasteiger partial charge in [-0.25, -0.2) is 4.79 Å². The van der Waals surface area contributed by atoms with Gasteiger partial charge in [0.25, 0.3) is 0 Å². The molecule has 0 spiro atoms. The molecule has 112 valence electrons. The summed E-state index contributed by atoms with van der Waals surface area (Å²) < 4.78 is 5.08. The molecular formula is C15H18N2O4. The molecule has 1 heterocycles. The number of aryl methyl sites for hydroxylation is 1. The average Bonchev–Trinajstić information content (AvgIpc) is 2.51. The van der Waals surface area contributed by atoms with E-state index in [-0.39, 0.29) is 0 Å². The molecule has 2 rings (SSSR count). The first-order valence-corrected chi connectivity index (χ1v) is 6.67. The van der Waals surface area contributed by atoms with E-state index in [1.807, 2.05) is 24.3 Å². The zero-order valence-electron chi connectivity index (χ0n) is 12.3. The normalized spacial score (nSPS) is 16.6. The number of ether oxygens (including phenoxy) is 1. The zero-order valence-corrected chi connectivity index (χ0v) is 12.3. The lowest BCUT2D eigenvalue weighted by Crippen LogP contribution is -2.56. The Morgan fingerprint density at radius 1 is 1.00 bits per heavy atom. The van der Waals surface area contributed by atoms with E-state index in [2.05, 4.69) is 0 Å². The van der Waals surface area contributed by atoms with Crippen molar-refractivity contribution in [3.63, 3.8) is 0 Å². The van der Waals surface area contributed by atoms with Gasteiger partial charge < -0.3 is 4.74 Å². The molecule has 0 radical (unpaired) electrons. The Labute approximate surface area is 123 Å². The molecule has 0 saturated carbocycles. The largest absolute Gasteiger partial charge is 0.497 e. The van der Waals surface area contributed by atoms with Crippen molar-refractivity contribution in [1.82, 2.24) is 9.80 Å². The number of carbonyl (C=O) groups is 3. The Morgan fingerprint density at radius 3 is 2.00 bits per heavy atom. The number of rotatable bonds is 4. The van der Waals surface area contributed by atoms with Crippen LogP contribution in [0.15, 0.2) is 24.3 Å². The molecule has 1 saturated heterocycles. The quantitative estimate of drug-likeness (QED) is 0.784. The molecule has 0 N–H and O–H groups in total. The third-order valence-corrected chi connectivity index (χ3v) is 3.71. The van der Waals surface area contributed by atoms with E-state index in [0.29, 0.717) is 12.8 Å². The maximum absolute atomic E-state index is 12.1. The Morgan fingerprint density at radius 2 is 1.52 bits per heavy atom. The molecule has 0 bridgehead atoms. The minimum absolute atomic E-state index is 0.381. The lowest BCUT2D eigenvalue weighted by molar-refractivity contribution is -0.147. The summed E-state index contributed by atoms with van der Waals surface area (Å²) >= 11 is 0. The van der Waals surface area contributed by atoms with Gasteiger partial charge in [0.05, 0.1) is 7.11 Å². The average molecular weight is 290 g/mol. The second-order valence-corrected chi connectivity index (χ2v) is 5.02. The third kappa shape index (κ3) is 2.89. The number of benzene rings is 1. The number of urea groups is 1.